The first-order chi connectivity index (χ1) is 8.56. The standard InChI is InChI=1S/C11H10F6O2/c1-3-18-7-5-4-6(2)8(10(12,13)14)9(7)19-11(15,16)17/h4-5H,3H2,1-2H3. The van der Waals surface area contributed by atoms with Gasteiger partial charge in [-0.25, -0.2) is 0 Å². The van der Waals surface area contributed by atoms with Gasteiger partial charge in [0.1, 0.15) is 5.56 Å². The molecule has 0 heterocycles. The fourth-order valence-electron chi connectivity index (χ4n) is 1.50. The molecule has 0 aliphatic rings. The van der Waals surface area contributed by atoms with Crippen molar-refractivity contribution < 1.29 is 35.8 Å². The molecule has 0 saturated heterocycles. The maximum absolute atomic E-state index is 12.8. The van der Waals surface area contributed by atoms with Gasteiger partial charge in [-0.3, -0.25) is 0 Å². The van der Waals surface area contributed by atoms with Crippen LogP contribution in [-0.4, -0.2) is 13.0 Å². The molecule has 0 aromatic heterocycles. The average Bonchev–Trinajstić information content (AvgIpc) is 2.18. The van der Waals surface area contributed by atoms with Crippen molar-refractivity contribution in [2.24, 2.45) is 0 Å². The Morgan fingerprint density at radius 2 is 1.63 bits per heavy atom. The van der Waals surface area contributed by atoms with E-state index in [0.717, 1.165) is 19.1 Å². The van der Waals surface area contributed by atoms with E-state index in [1.54, 1.807) is 0 Å². The average molecular weight is 288 g/mol. The lowest BCUT2D eigenvalue weighted by Gasteiger charge is -2.20. The van der Waals surface area contributed by atoms with Crippen LogP contribution in [0.5, 0.6) is 11.5 Å². The first kappa shape index (κ1) is 15.5. The van der Waals surface area contributed by atoms with Crippen molar-refractivity contribution in [2.45, 2.75) is 26.4 Å². The van der Waals surface area contributed by atoms with Crippen molar-refractivity contribution in [3.8, 4) is 11.5 Å². The smallest absolute Gasteiger partial charge is 0.490 e. The zero-order chi connectivity index (χ0) is 14.8. The second-order valence-corrected chi connectivity index (χ2v) is 3.56. The Balaban J connectivity index is 3.45. The maximum atomic E-state index is 12.8. The molecular formula is C11H10F6O2. The molecule has 0 N–H and O–H groups in total. The summed E-state index contributed by atoms with van der Waals surface area (Å²) in [5.74, 6) is -1.96. The van der Waals surface area contributed by atoms with Gasteiger partial charge in [0, 0.05) is 0 Å². The third-order valence-electron chi connectivity index (χ3n) is 2.13. The van der Waals surface area contributed by atoms with Gasteiger partial charge in [0.05, 0.1) is 6.61 Å². The summed E-state index contributed by atoms with van der Waals surface area (Å²) in [6.07, 6.45) is -10.2. The van der Waals surface area contributed by atoms with Crippen LogP contribution in [0.4, 0.5) is 26.3 Å². The highest BCUT2D eigenvalue weighted by Gasteiger charge is 2.42. The molecule has 0 aliphatic heterocycles. The number of aryl methyl sites for hydroxylation is 1. The number of benzene rings is 1. The zero-order valence-electron chi connectivity index (χ0n) is 9.95. The van der Waals surface area contributed by atoms with Gasteiger partial charge in [0.15, 0.2) is 11.5 Å². The van der Waals surface area contributed by atoms with E-state index in [-0.39, 0.29) is 12.2 Å². The summed E-state index contributed by atoms with van der Waals surface area (Å²) < 4.78 is 83.3. The number of hydrogen-bond donors (Lipinski definition) is 0. The fourth-order valence-corrected chi connectivity index (χ4v) is 1.50. The van der Waals surface area contributed by atoms with Crippen LogP contribution in [0.2, 0.25) is 0 Å². The highest BCUT2D eigenvalue weighted by atomic mass is 19.4. The third kappa shape index (κ3) is 3.93. The molecule has 0 radical (unpaired) electrons. The number of halogens is 6. The predicted molar refractivity (Wildman–Crippen MR) is 54.0 cm³/mol. The van der Waals surface area contributed by atoms with E-state index in [4.69, 9.17) is 4.74 Å². The number of rotatable bonds is 3. The van der Waals surface area contributed by atoms with Crippen molar-refractivity contribution in [3.63, 3.8) is 0 Å². The van der Waals surface area contributed by atoms with E-state index in [1.165, 1.54) is 6.92 Å². The van der Waals surface area contributed by atoms with Gasteiger partial charge >= 0.3 is 12.5 Å². The Kier molecular flexibility index (Phi) is 4.21. The Morgan fingerprint density at radius 1 is 1.05 bits per heavy atom. The lowest BCUT2D eigenvalue weighted by Crippen LogP contribution is -2.21. The molecule has 0 aliphatic carbocycles. The molecule has 1 aromatic rings. The topological polar surface area (TPSA) is 18.5 Å². The van der Waals surface area contributed by atoms with E-state index in [0.29, 0.717) is 0 Å². The van der Waals surface area contributed by atoms with E-state index >= 15 is 0 Å². The van der Waals surface area contributed by atoms with E-state index in [2.05, 4.69) is 4.74 Å². The summed E-state index contributed by atoms with van der Waals surface area (Å²) in [4.78, 5) is 0. The summed E-state index contributed by atoms with van der Waals surface area (Å²) in [6, 6.07) is 2.03. The van der Waals surface area contributed by atoms with Crippen molar-refractivity contribution in [1.82, 2.24) is 0 Å². The van der Waals surface area contributed by atoms with Crippen molar-refractivity contribution >= 4 is 0 Å². The Hall–Kier alpha value is -1.60. The van der Waals surface area contributed by atoms with Crippen LogP contribution >= 0.6 is 0 Å². The second kappa shape index (κ2) is 5.18. The summed E-state index contributed by atoms with van der Waals surface area (Å²) in [5, 5.41) is 0. The van der Waals surface area contributed by atoms with Crippen LogP contribution in [0, 0.1) is 6.92 Å². The third-order valence-corrected chi connectivity index (χ3v) is 2.13. The first-order valence-corrected chi connectivity index (χ1v) is 5.15. The molecule has 0 saturated carbocycles. The summed E-state index contributed by atoms with van der Waals surface area (Å²) in [6.45, 7) is 2.39. The van der Waals surface area contributed by atoms with Gasteiger partial charge < -0.3 is 9.47 Å². The molecule has 0 amide bonds. The van der Waals surface area contributed by atoms with Gasteiger partial charge in [0.25, 0.3) is 0 Å². The first-order valence-electron chi connectivity index (χ1n) is 5.15. The van der Waals surface area contributed by atoms with Crippen LogP contribution in [0.3, 0.4) is 0 Å². The van der Waals surface area contributed by atoms with Gasteiger partial charge in [-0.2, -0.15) is 13.2 Å². The molecule has 1 aromatic carbocycles. The molecule has 0 bridgehead atoms. The molecule has 0 fully saturated rings. The zero-order valence-corrected chi connectivity index (χ0v) is 9.95. The minimum Gasteiger partial charge on any atom is -0.490 e. The molecule has 1 rings (SSSR count). The van der Waals surface area contributed by atoms with Gasteiger partial charge in [-0.15, -0.1) is 13.2 Å². The highest BCUT2D eigenvalue weighted by Crippen LogP contribution is 2.45. The molecule has 2 nitrogen and oxygen atoms in total. The summed E-state index contributed by atoms with van der Waals surface area (Å²) in [7, 11) is 0. The lowest BCUT2D eigenvalue weighted by atomic mass is 10.1. The summed E-state index contributed by atoms with van der Waals surface area (Å²) >= 11 is 0. The molecule has 8 heteroatoms. The van der Waals surface area contributed by atoms with Crippen molar-refractivity contribution in [2.75, 3.05) is 6.61 Å². The van der Waals surface area contributed by atoms with E-state index in [9.17, 15) is 26.3 Å². The SMILES string of the molecule is CCOc1ccc(C)c(C(F)(F)F)c1OC(F)(F)F. The van der Waals surface area contributed by atoms with Crippen molar-refractivity contribution in [1.29, 1.82) is 0 Å². The van der Waals surface area contributed by atoms with E-state index < -0.39 is 29.6 Å². The normalized spacial score (nSPS) is 12.4. The Morgan fingerprint density at radius 3 is 2.05 bits per heavy atom. The molecular weight excluding hydrogens is 278 g/mol. The minimum absolute atomic E-state index is 0.0887. The Bertz CT molecular complexity index is 450. The van der Waals surface area contributed by atoms with E-state index in [1.807, 2.05) is 0 Å². The van der Waals surface area contributed by atoms with Crippen LogP contribution in [0.15, 0.2) is 12.1 Å². The summed E-state index contributed by atoms with van der Waals surface area (Å²) in [5.41, 5.74) is -1.87. The van der Waals surface area contributed by atoms with Gasteiger partial charge in [-0.1, -0.05) is 6.07 Å². The quantitative estimate of drug-likeness (QED) is 0.771. The van der Waals surface area contributed by atoms with Crippen LogP contribution < -0.4 is 9.47 Å². The minimum atomic E-state index is -5.24. The maximum Gasteiger partial charge on any atom is 0.573 e. The molecule has 19 heavy (non-hydrogen) atoms. The van der Waals surface area contributed by atoms with Crippen molar-refractivity contribution in [3.05, 3.63) is 23.3 Å². The fraction of sp³-hybridized carbons (Fsp3) is 0.455. The van der Waals surface area contributed by atoms with Crippen LogP contribution in [0.25, 0.3) is 0 Å². The lowest BCUT2D eigenvalue weighted by molar-refractivity contribution is -0.276. The van der Waals surface area contributed by atoms with Gasteiger partial charge in [0.2, 0.25) is 0 Å². The molecule has 0 unspecified atom stereocenters. The Labute approximate surface area is 104 Å². The van der Waals surface area contributed by atoms with Gasteiger partial charge in [-0.05, 0) is 25.5 Å². The second-order valence-electron chi connectivity index (χ2n) is 3.56. The molecule has 108 valence electrons. The number of alkyl halides is 6. The number of ether oxygens (including phenoxy) is 2. The highest BCUT2D eigenvalue weighted by molar-refractivity contribution is 5.52. The largest absolute Gasteiger partial charge is 0.573 e. The number of hydrogen-bond acceptors (Lipinski definition) is 2. The monoisotopic (exact) mass is 288 g/mol. The van der Waals surface area contributed by atoms with Crippen LogP contribution in [-0.2, 0) is 6.18 Å². The molecule has 0 spiro atoms. The van der Waals surface area contributed by atoms with Crippen LogP contribution in [0.1, 0.15) is 18.1 Å². The molecule has 0 atom stereocenters. The predicted octanol–water partition coefficient (Wildman–Crippen LogP) is 4.31.